The second-order valence-electron chi connectivity index (χ2n) is 2.95. The van der Waals surface area contributed by atoms with E-state index in [1.54, 1.807) is 18.2 Å². The molecule has 0 fully saturated rings. The number of rotatable bonds is 2. The van der Waals surface area contributed by atoms with Crippen LogP contribution in [0, 0.1) is 13.8 Å². The van der Waals surface area contributed by atoms with Gasteiger partial charge in [0.25, 0.3) is 0 Å². The maximum Gasteiger partial charge on any atom is 0.240 e. The standard InChI is InChI=1S/C9H13NO2S.C2H6/c1-7-4-5-9(6-8(7)2)13(11,12)10-3;1-2/h4-6,10H,1-3H3;1-2H3. The minimum absolute atomic E-state index is 0.318. The highest BCUT2D eigenvalue weighted by Gasteiger charge is 2.10. The minimum Gasteiger partial charge on any atom is -0.214 e. The van der Waals surface area contributed by atoms with Gasteiger partial charge in [-0.2, -0.15) is 0 Å². The second kappa shape index (κ2) is 5.88. The Morgan fingerprint density at radius 2 is 1.60 bits per heavy atom. The molecule has 3 nitrogen and oxygen atoms in total. The monoisotopic (exact) mass is 229 g/mol. The zero-order chi connectivity index (χ0) is 12.1. The van der Waals surface area contributed by atoms with Crippen LogP contribution in [0.15, 0.2) is 23.1 Å². The van der Waals surface area contributed by atoms with E-state index in [9.17, 15) is 8.42 Å². The van der Waals surface area contributed by atoms with Crippen LogP contribution in [-0.2, 0) is 10.0 Å². The highest BCUT2D eigenvalue weighted by molar-refractivity contribution is 7.89. The molecule has 0 aliphatic carbocycles. The van der Waals surface area contributed by atoms with Gasteiger partial charge in [0.15, 0.2) is 0 Å². The first-order valence-electron chi connectivity index (χ1n) is 4.98. The molecule has 0 atom stereocenters. The molecular formula is C11H19NO2S. The second-order valence-corrected chi connectivity index (χ2v) is 4.84. The van der Waals surface area contributed by atoms with Crippen LogP contribution in [0.25, 0.3) is 0 Å². The van der Waals surface area contributed by atoms with Gasteiger partial charge in [-0.25, -0.2) is 13.1 Å². The van der Waals surface area contributed by atoms with Gasteiger partial charge in [0.2, 0.25) is 10.0 Å². The van der Waals surface area contributed by atoms with Crippen LogP contribution in [0.2, 0.25) is 0 Å². The van der Waals surface area contributed by atoms with Crippen molar-refractivity contribution in [3.05, 3.63) is 29.3 Å². The van der Waals surface area contributed by atoms with Crippen LogP contribution in [-0.4, -0.2) is 15.5 Å². The fourth-order valence-corrected chi connectivity index (χ4v) is 1.81. The van der Waals surface area contributed by atoms with Crippen molar-refractivity contribution in [1.29, 1.82) is 0 Å². The number of nitrogens with one attached hydrogen (secondary N) is 1. The van der Waals surface area contributed by atoms with Crippen LogP contribution in [0.5, 0.6) is 0 Å². The quantitative estimate of drug-likeness (QED) is 0.845. The van der Waals surface area contributed by atoms with E-state index < -0.39 is 10.0 Å². The van der Waals surface area contributed by atoms with Gasteiger partial charge in [0.05, 0.1) is 4.90 Å². The molecule has 0 saturated heterocycles. The molecule has 0 aliphatic rings. The smallest absolute Gasteiger partial charge is 0.214 e. The summed E-state index contributed by atoms with van der Waals surface area (Å²) in [7, 11) is -1.88. The summed E-state index contributed by atoms with van der Waals surface area (Å²) in [4.78, 5) is 0.318. The summed E-state index contributed by atoms with van der Waals surface area (Å²) in [5.41, 5.74) is 2.08. The van der Waals surface area contributed by atoms with Gasteiger partial charge >= 0.3 is 0 Å². The molecule has 0 unspecified atom stereocenters. The van der Waals surface area contributed by atoms with Gasteiger partial charge in [0.1, 0.15) is 0 Å². The molecule has 15 heavy (non-hydrogen) atoms. The minimum atomic E-state index is -3.29. The van der Waals surface area contributed by atoms with Crippen molar-refractivity contribution in [1.82, 2.24) is 4.72 Å². The normalized spacial score (nSPS) is 10.5. The van der Waals surface area contributed by atoms with Crippen LogP contribution in [0.3, 0.4) is 0 Å². The third-order valence-corrected chi connectivity index (χ3v) is 3.47. The van der Waals surface area contributed by atoms with Gasteiger partial charge in [0, 0.05) is 0 Å². The summed E-state index contributed by atoms with van der Waals surface area (Å²) >= 11 is 0. The number of benzene rings is 1. The lowest BCUT2D eigenvalue weighted by atomic mass is 10.1. The first-order valence-corrected chi connectivity index (χ1v) is 6.46. The van der Waals surface area contributed by atoms with Crippen molar-refractivity contribution in [2.45, 2.75) is 32.6 Å². The zero-order valence-electron chi connectivity index (χ0n) is 9.96. The first-order chi connectivity index (χ1) is 6.97. The Kier molecular flexibility index (Phi) is 5.54. The largest absolute Gasteiger partial charge is 0.240 e. The molecule has 0 aromatic heterocycles. The van der Waals surface area contributed by atoms with Gasteiger partial charge in [-0.15, -0.1) is 0 Å². The van der Waals surface area contributed by atoms with Crippen molar-refractivity contribution in [3.63, 3.8) is 0 Å². The Morgan fingerprint density at radius 3 is 2.00 bits per heavy atom. The molecular weight excluding hydrogens is 210 g/mol. The van der Waals surface area contributed by atoms with E-state index in [0.29, 0.717) is 4.90 Å². The van der Waals surface area contributed by atoms with E-state index in [2.05, 4.69) is 4.72 Å². The van der Waals surface area contributed by atoms with Crippen LogP contribution in [0.4, 0.5) is 0 Å². The predicted molar refractivity (Wildman–Crippen MR) is 63.5 cm³/mol. The van der Waals surface area contributed by atoms with E-state index in [1.165, 1.54) is 7.05 Å². The fraction of sp³-hybridized carbons (Fsp3) is 0.455. The lowest BCUT2D eigenvalue weighted by molar-refractivity contribution is 0.588. The molecule has 0 amide bonds. The topological polar surface area (TPSA) is 46.2 Å². The van der Waals surface area contributed by atoms with Crippen molar-refractivity contribution >= 4 is 10.0 Å². The third-order valence-electron chi connectivity index (χ3n) is 2.06. The van der Waals surface area contributed by atoms with E-state index in [1.807, 2.05) is 27.7 Å². The van der Waals surface area contributed by atoms with Crippen LogP contribution < -0.4 is 4.72 Å². The lowest BCUT2D eigenvalue weighted by Crippen LogP contribution is -2.18. The SMILES string of the molecule is CC.CNS(=O)(=O)c1ccc(C)c(C)c1. The molecule has 86 valence electrons. The molecule has 4 heteroatoms. The average Bonchev–Trinajstić information content (AvgIpc) is 2.25. The molecule has 1 N–H and O–H groups in total. The molecule has 0 heterocycles. The third kappa shape index (κ3) is 3.64. The molecule has 1 aromatic carbocycles. The highest BCUT2D eigenvalue weighted by Crippen LogP contribution is 2.13. The molecule has 0 aliphatic heterocycles. The van der Waals surface area contributed by atoms with Crippen LogP contribution >= 0.6 is 0 Å². The van der Waals surface area contributed by atoms with E-state index in [4.69, 9.17) is 0 Å². The summed E-state index contributed by atoms with van der Waals surface area (Å²) in [5.74, 6) is 0. The van der Waals surface area contributed by atoms with E-state index in [0.717, 1.165) is 11.1 Å². The molecule has 0 radical (unpaired) electrons. The van der Waals surface area contributed by atoms with Crippen molar-refractivity contribution in [3.8, 4) is 0 Å². The number of aryl methyl sites for hydroxylation is 2. The van der Waals surface area contributed by atoms with Gasteiger partial charge in [-0.05, 0) is 44.2 Å². The van der Waals surface area contributed by atoms with Crippen molar-refractivity contribution in [2.75, 3.05) is 7.05 Å². The number of hydrogen-bond donors (Lipinski definition) is 1. The van der Waals surface area contributed by atoms with E-state index in [-0.39, 0.29) is 0 Å². The highest BCUT2D eigenvalue weighted by atomic mass is 32.2. The molecule has 1 aromatic rings. The van der Waals surface area contributed by atoms with Gasteiger partial charge in [-0.1, -0.05) is 19.9 Å². The summed E-state index contributed by atoms with van der Waals surface area (Å²) in [5, 5.41) is 0. The van der Waals surface area contributed by atoms with Gasteiger partial charge in [-0.3, -0.25) is 0 Å². The zero-order valence-corrected chi connectivity index (χ0v) is 10.8. The molecule has 0 saturated carbocycles. The average molecular weight is 229 g/mol. The number of hydrogen-bond acceptors (Lipinski definition) is 2. The summed E-state index contributed by atoms with van der Waals surface area (Å²) < 4.78 is 25.0. The van der Waals surface area contributed by atoms with Gasteiger partial charge < -0.3 is 0 Å². The predicted octanol–water partition coefficient (Wildman–Crippen LogP) is 2.24. The van der Waals surface area contributed by atoms with Crippen molar-refractivity contribution in [2.24, 2.45) is 0 Å². The Balaban J connectivity index is 0.000000921. The van der Waals surface area contributed by atoms with Crippen molar-refractivity contribution < 1.29 is 8.42 Å². The Morgan fingerprint density at radius 1 is 1.07 bits per heavy atom. The van der Waals surface area contributed by atoms with E-state index >= 15 is 0 Å². The Bertz CT molecular complexity index is 411. The maximum absolute atomic E-state index is 11.4. The molecule has 0 spiro atoms. The Hall–Kier alpha value is -0.870. The number of sulfonamides is 1. The fourth-order valence-electron chi connectivity index (χ4n) is 0.999. The maximum atomic E-state index is 11.4. The summed E-state index contributed by atoms with van der Waals surface area (Å²) in [6, 6.07) is 5.08. The Labute approximate surface area is 92.6 Å². The lowest BCUT2D eigenvalue weighted by Gasteiger charge is -2.04. The van der Waals surface area contributed by atoms with Crippen LogP contribution in [0.1, 0.15) is 25.0 Å². The summed E-state index contributed by atoms with van der Waals surface area (Å²) in [6.45, 7) is 7.84. The summed E-state index contributed by atoms with van der Waals surface area (Å²) in [6.07, 6.45) is 0. The first kappa shape index (κ1) is 14.1. The molecule has 0 bridgehead atoms. The molecule has 1 rings (SSSR count).